The van der Waals surface area contributed by atoms with E-state index < -0.39 is 0 Å². The van der Waals surface area contributed by atoms with Crippen LogP contribution < -0.4 is 14.8 Å². The standard InChI is InChI=1S/C14H19N3O4/c1-18-6-5-15-8-11-3-4-12(19-2)7-13(11)20-9-14-16-10-21-17-14/h3-4,7,10,15H,5-6,8-9H2,1-2H3. The van der Waals surface area contributed by atoms with Crippen LogP contribution in [0.15, 0.2) is 29.1 Å². The lowest BCUT2D eigenvalue weighted by atomic mass is 10.2. The van der Waals surface area contributed by atoms with Crippen LogP contribution in [0.1, 0.15) is 11.4 Å². The molecular weight excluding hydrogens is 274 g/mol. The molecule has 7 heteroatoms. The molecule has 7 nitrogen and oxygen atoms in total. The first-order valence-corrected chi connectivity index (χ1v) is 6.58. The van der Waals surface area contributed by atoms with Crippen molar-refractivity contribution in [2.24, 2.45) is 0 Å². The zero-order valence-electron chi connectivity index (χ0n) is 12.2. The molecule has 0 amide bonds. The molecule has 114 valence electrons. The Labute approximate surface area is 123 Å². The van der Waals surface area contributed by atoms with E-state index in [1.165, 1.54) is 6.39 Å². The molecule has 1 aromatic heterocycles. The molecule has 0 fully saturated rings. The second kappa shape index (κ2) is 8.23. The van der Waals surface area contributed by atoms with Crippen LogP contribution in [0.5, 0.6) is 11.5 Å². The van der Waals surface area contributed by atoms with E-state index in [0.717, 1.165) is 23.6 Å². The monoisotopic (exact) mass is 293 g/mol. The van der Waals surface area contributed by atoms with E-state index in [9.17, 15) is 0 Å². The van der Waals surface area contributed by atoms with Crippen LogP contribution in [0.2, 0.25) is 0 Å². The van der Waals surface area contributed by atoms with Gasteiger partial charge in [-0.3, -0.25) is 0 Å². The topological polar surface area (TPSA) is 78.6 Å². The summed E-state index contributed by atoms with van der Waals surface area (Å²) < 4.78 is 20.6. The molecule has 0 saturated heterocycles. The van der Waals surface area contributed by atoms with Gasteiger partial charge in [0.1, 0.15) is 11.5 Å². The maximum absolute atomic E-state index is 5.74. The van der Waals surface area contributed by atoms with Crippen LogP contribution >= 0.6 is 0 Å². The highest BCUT2D eigenvalue weighted by molar-refractivity contribution is 5.40. The minimum Gasteiger partial charge on any atom is -0.497 e. The summed E-state index contributed by atoms with van der Waals surface area (Å²) in [5, 5.41) is 6.99. The fourth-order valence-corrected chi connectivity index (χ4v) is 1.74. The van der Waals surface area contributed by atoms with E-state index in [4.69, 9.17) is 14.2 Å². The number of methoxy groups -OCH3 is 2. The summed E-state index contributed by atoms with van der Waals surface area (Å²) in [7, 11) is 3.29. The minimum atomic E-state index is 0.245. The lowest BCUT2D eigenvalue weighted by molar-refractivity contribution is 0.199. The van der Waals surface area contributed by atoms with Gasteiger partial charge in [-0.05, 0) is 6.07 Å². The van der Waals surface area contributed by atoms with Gasteiger partial charge in [0.2, 0.25) is 12.2 Å². The van der Waals surface area contributed by atoms with Crippen molar-refractivity contribution in [2.75, 3.05) is 27.4 Å². The van der Waals surface area contributed by atoms with E-state index in [2.05, 4.69) is 20.0 Å². The first-order chi connectivity index (χ1) is 10.3. The van der Waals surface area contributed by atoms with Crippen molar-refractivity contribution >= 4 is 0 Å². The Bertz CT molecular complexity index is 531. The molecule has 0 atom stereocenters. The van der Waals surface area contributed by atoms with Gasteiger partial charge in [0.25, 0.3) is 0 Å². The van der Waals surface area contributed by atoms with Crippen molar-refractivity contribution in [3.63, 3.8) is 0 Å². The van der Waals surface area contributed by atoms with Gasteiger partial charge < -0.3 is 24.1 Å². The van der Waals surface area contributed by atoms with Crippen molar-refractivity contribution in [1.29, 1.82) is 0 Å². The Balaban J connectivity index is 2.00. The lowest BCUT2D eigenvalue weighted by Crippen LogP contribution is -2.19. The largest absolute Gasteiger partial charge is 0.497 e. The molecule has 2 aromatic rings. The predicted octanol–water partition coefficient (Wildman–Crippen LogP) is 1.39. The molecule has 0 radical (unpaired) electrons. The molecule has 0 aliphatic carbocycles. The molecular formula is C14H19N3O4. The van der Waals surface area contributed by atoms with Gasteiger partial charge in [-0.25, -0.2) is 0 Å². The van der Waals surface area contributed by atoms with Crippen molar-refractivity contribution in [1.82, 2.24) is 15.5 Å². The second-order valence-electron chi connectivity index (χ2n) is 4.28. The van der Waals surface area contributed by atoms with E-state index in [1.807, 2.05) is 18.2 Å². The Morgan fingerprint density at radius 2 is 2.19 bits per heavy atom. The molecule has 1 aromatic carbocycles. The summed E-state index contributed by atoms with van der Waals surface area (Å²) >= 11 is 0. The van der Waals surface area contributed by atoms with Gasteiger partial charge in [0.15, 0.2) is 6.61 Å². The highest BCUT2D eigenvalue weighted by Crippen LogP contribution is 2.25. The van der Waals surface area contributed by atoms with Gasteiger partial charge in [0.05, 0.1) is 13.7 Å². The second-order valence-corrected chi connectivity index (χ2v) is 4.28. The van der Waals surface area contributed by atoms with Crippen molar-refractivity contribution < 1.29 is 18.7 Å². The zero-order chi connectivity index (χ0) is 14.9. The van der Waals surface area contributed by atoms with Crippen molar-refractivity contribution in [2.45, 2.75) is 13.2 Å². The SMILES string of the molecule is COCCNCc1ccc(OC)cc1OCc1ncon1. The highest BCUT2D eigenvalue weighted by Gasteiger charge is 2.08. The summed E-state index contributed by atoms with van der Waals surface area (Å²) in [6, 6.07) is 5.70. The van der Waals surface area contributed by atoms with Gasteiger partial charge in [0, 0.05) is 31.8 Å². The Kier molecular flexibility index (Phi) is 5.99. The first kappa shape index (κ1) is 15.3. The zero-order valence-corrected chi connectivity index (χ0v) is 12.2. The quantitative estimate of drug-likeness (QED) is 0.700. The number of hydrogen-bond acceptors (Lipinski definition) is 7. The predicted molar refractivity (Wildman–Crippen MR) is 75.2 cm³/mol. The van der Waals surface area contributed by atoms with Crippen molar-refractivity contribution in [3.05, 3.63) is 36.0 Å². The van der Waals surface area contributed by atoms with Gasteiger partial charge in [-0.1, -0.05) is 11.2 Å². The molecule has 0 aliphatic rings. The molecule has 0 bridgehead atoms. The Morgan fingerprint density at radius 3 is 2.90 bits per heavy atom. The van der Waals surface area contributed by atoms with Crippen molar-refractivity contribution in [3.8, 4) is 11.5 Å². The third-order valence-corrected chi connectivity index (χ3v) is 2.84. The van der Waals surface area contributed by atoms with E-state index in [1.54, 1.807) is 14.2 Å². The normalized spacial score (nSPS) is 10.6. The van der Waals surface area contributed by atoms with Gasteiger partial charge in [-0.15, -0.1) is 0 Å². The number of hydrogen-bond donors (Lipinski definition) is 1. The van der Waals surface area contributed by atoms with E-state index in [-0.39, 0.29) is 6.61 Å². The third kappa shape index (κ3) is 4.73. The number of nitrogens with one attached hydrogen (secondary N) is 1. The maximum Gasteiger partial charge on any atom is 0.213 e. The van der Waals surface area contributed by atoms with Crippen LogP contribution in [-0.4, -0.2) is 37.5 Å². The summed E-state index contributed by atoms with van der Waals surface area (Å²) in [6.07, 6.45) is 1.28. The van der Waals surface area contributed by atoms with Crippen LogP contribution in [0.3, 0.4) is 0 Å². The smallest absolute Gasteiger partial charge is 0.213 e. The number of nitrogens with zero attached hydrogens (tertiary/aromatic N) is 2. The lowest BCUT2D eigenvalue weighted by Gasteiger charge is -2.12. The summed E-state index contributed by atoms with van der Waals surface area (Å²) in [4.78, 5) is 3.92. The molecule has 0 unspecified atom stereocenters. The Hall–Kier alpha value is -2.12. The molecule has 1 heterocycles. The maximum atomic E-state index is 5.74. The molecule has 2 rings (SSSR count). The number of rotatable bonds is 9. The molecule has 21 heavy (non-hydrogen) atoms. The molecule has 0 saturated carbocycles. The van der Waals surface area contributed by atoms with Crippen LogP contribution in [0, 0.1) is 0 Å². The van der Waals surface area contributed by atoms with E-state index in [0.29, 0.717) is 19.0 Å². The first-order valence-electron chi connectivity index (χ1n) is 6.58. The highest BCUT2D eigenvalue weighted by atomic mass is 16.5. The summed E-state index contributed by atoms with van der Waals surface area (Å²) in [6.45, 7) is 2.35. The summed E-state index contributed by atoms with van der Waals surface area (Å²) in [5.74, 6) is 1.96. The summed E-state index contributed by atoms with van der Waals surface area (Å²) in [5.41, 5.74) is 1.02. The van der Waals surface area contributed by atoms with Crippen LogP contribution in [0.25, 0.3) is 0 Å². The molecule has 1 N–H and O–H groups in total. The van der Waals surface area contributed by atoms with Crippen LogP contribution in [-0.2, 0) is 17.9 Å². The third-order valence-electron chi connectivity index (χ3n) is 2.84. The van der Waals surface area contributed by atoms with Gasteiger partial charge >= 0.3 is 0 Å². The average molecular weight is 293 g/mol. The Morgan fingerprint density at radius 1 is 1.29 bits per heavy atom. The number of ether oxygens (including phenoxy) is 3. The molecule has 0 spiro atoms. The minimum absolute atomic E-state index is 0.245. The fraction of sp³-hybridized carbons (Fsp3) is 0.429. The van der Waals surface area contributed by atoms with Gasteiger partial charge in [-0.2, -0.15) is 4.98 Å². The van der Waals surface area contributed by atoms with E-state index >= 15 is 0 Å². The number of benzene rings is 1. The number of aromatic nitrogens is 2. The molecule has 0 aliphatic heterocycles. The van der Waals surface area contributed by atoms with Crippen LogP contribution in [0.4, 0.5) is 0 Å². The fourth-order valence-electron chi connectivity index (χ4n) is 1.74. The average Bonchev–Trinajstić information content (AvgIpc) is 3.03.